The van der Waals surface area contributed by atoms with Gasteiger partial charge in [0.05, 0.1) is 0 Å². The van der Waals surface area contributed by atoms with Crippen molar-refractivity contribution in [1.29, 1.82) is 0 Å². The average molecular weight is 488 g/mol. The first kappa shape index (κ1) is 21.9. The minimum absolute atomic E-state index is 0.144. The Morgan fingerprint density at radius 3 is 1.41 bits per heavy atom. The van der Waals surface area contributed by atoms with Gasteiger partial charge in [-0.25, -0.2) is 0 Å². The van der Waals surface area contributed by atoms with Crippen LogP contribution in [0.15, 0.2) is 24.3 Å². The molecule has 0 spiro atoms. The van der Waals surface area contributed by atoms with Crippen LogP contribution in [0.2, 0.25) is 0 Å². The summed E-state index contributed by atoms with van der Waals surface area (Å²) in [6, 6.07) is 5.36. The molecule has 1 rings (SSSR count). The molecule has 0 fully saturated rings. The van der Waals surface area contributed by atoms with E-state index in [1.165, 1.54) is 24.3 Å². The highest BCUT2D eigenvalue weighted by Gasteiger charge is 2.68. The van der Waals surface area contributed by atoms with Crippen molar-refractivity contribution < 1.29 is 10.0 Å². The van der Waals surface area contributed by atoms with Crippen molar-refractivity contribution in [3.05, 3.63) is 29.8 Å². The average Bonchev–Trinajstić information content (AvgIpc) is 2.37. The summed E-state index contributed by atoms with van der Waals surface area (Å²) < 4.78 is -9.14. The van der Waals surface area contributed by atoms with Crippen LogP contribution >= 0.6 is 104 Å². The number of hydrogen-bond acceptors (Lipinski definition) is 2. The van der Waals surface area contributed by atoms with Gasteiger partial charge in [0.25, 0.3) is 0 Å². The zero-order valence-electron chi connectivity index (χ0n) is 10.2. The maximum absolute atomic E-state index is 9.06. The van der Waals surface area contributed by atoms with E-state index in [-0.39, 0.29) is 11.0 Å². The lowest BCUT2D eigenvalue weighted by molar-refractivity contribution is 0.426. The molecule has 2 N–H and O–H groups in total. The highest BCUT2D eigenvalue weighted by atomic mass is 35.6. The fourth-order valence-corrected chi connectivity index (χ4v) is 3.65. The highest BCUT2D eigenvalue weighted by Crippen LogP contribution is 2.65. The molecule has 0 aromatic heterocycles. The molecule has 0 heterocycles. The van der Waals surface area contributed by atoms with E-state index in [9.17, 15) is 0 Å². The number of rotatable bonds is 4. The Morgan fingerprint density at radius 2 is 1.09 bits per heavy atom. The molecule has 0 saturated heterocycles. The third-order valence-electron chi connectivity index (χ3n) is 2.72. The minimum atomic E-state index is -2.38. The van der Waals surface area contributed by atoms with E-state index in [4.69, 9.17) is 114 Å². The largest absolute Gasteiger partial charge is 0.488 e. The van der Waals surface area contributed by atoms with E-state index in [0.717, 1.165) is 0 Å². The summed E-state index contributed by atoms with van der Waals surface area (Å²) in [5.41, 5.74) is 0.331. The summed E-state index contributed by atoms with van der Waals surface area (Å²) in [5, 5.41) is 18.1. The summed E-state index contributed by atoms with van der Waals surface area (Å²) in [5.74, 6) is 0. The first-order chi connectivity index (χ1) is 9.66. The Labute approximate surface area is 172 Å². The predicted octanol–water partition coefficient (Wildman–Crippen LogP) is 4.71. The van der Waals surface area contributed by atoms with Gasteiger partial charge in [-0.05, 0) is 11.0 Å². The highest BCUT2D eigenvalue weighted by molar-refractivity contribution is 6.80. The van der Waals surface area contributed by atoms with Crippen LogP contribution < -0.4 is 5.46 Å². The summed E-state index contributed by atoms with van der Waals surface area (Å²) >= 11 is 53.7. The Kier molecular flexibility index (Phi) is 7.16. The topological polar surface area (TPSA) is 40.5 Å². The first-order valence-corrected chi connectivity index (χ1v) is 8.73. The van der Waals surface area contributed by atoms with E-state index < -0.39 is 23.9 Å². The lowest BCUT2D eigenvalue weighted by atomic mass is 9.80. The van der Waals surface area contributed by atoms with Gasteiger partial charge in [0.2, 0.25) is 8.13 Å². The molecule has 2 nitrogen and oxygen atoms in total. The molecular formula is C10H6BCl9O2. The molecule has 0 bridgehead atoms. The standard InChI is InChI=1S/C10H6BCl9O2/c12-7(13,5-1-3-6(4-2-5)11(21)22)8(14,15)9(16,17)10(18,19)20/h1-4,21-22H. The summed E-state index contributed by atoms with van der Waals surface area (Å²) in [4.78, 5) is 0. The Morgan fingerprint density at radius 1 is 0.682 bits per heavy atom. The number of hydrogen-bond donors (Lipinski definition) is 2. The summed E-state index contributed by atoms with van der Waals surface area (Å²) in [7, 11) is -1.67. The normalized spacial score (nSPS) is 14.1. The molecule has 1 aromatic carbocycles. The van der Waals surface area contributed by atoms with E-state index in [1.807, 2.05) is 0 Å². The second kappa shape index (κ2) is 7.21. The van der Waals surface area contributed by atoms with E-state index >= 15 is 0 Å². The molecule has 0 radical (unpaired) electrons. The molecular weight excluding hydrogens is 482 g/mol. The summed E-state index contributed by atoms with van der Waals surface area (Å²) in [6.45, 7) is 0. The van der Waals surface area contributed by atoms with Crippen molar-refractivity contribution in [2.45, 2.75) is 16.8 Å². The van der Waals surface area contributed by atoms with Gasteiger partial charge in [-0.2, -0.15) is 0 Å². The third kappa shape index (κ3) is 3.97. The van der Waals surface area contributed by atoms with Crippen molar-refractivity contribution in [1.82, 2.24) is 0 Å². The minimum Gasteiger partial charge on any atom is -0.423 e. The second-order valence-corrected chi connectivity index (χ2v) is 10.5. The van der Waals surface area contributed by atoms with E-state index in [0.29, 0.717) is 0 Å². The molecule has 0 atom stereocenters. The van der Waals surface area contributed by atoms with Crippen LogP contribution in [0.4, 0.5) is 0 Å². The Balaban J connectivity index is 3.32. The zero-order valence-corrected chi connectivity index (χ0v) is 17.0. The number of alkyl halides is 9. The van der Waals surface area contributed by atoms with Crippen molar-refractivity contribution >= 4 is 117 Å². The fourth-order valence-electron chi connectivity index (χ4n) is 1.42. The maximum atomic E-state index is 9.06. The van der Waals surface area contributed by atoms with Gasteiger partial charge in [-0.15, -0.1) is 0 Å². The Hall–Kier alpha value is 1.81. The quantitative estimate of drug-likeness (QED) is 0.477. The molecule has 22 heavy (non-hydrogen) atoms. The molecule has 124 valence electrons. The van der Waals surface area contributed by atoms with Crippen LogP contribution in [0.5, 0.6) is 0 Å². The molecule has 12 heteroatoms. The van der Waals surface area contributed by atoms with Crippen LogP contribution in [0, 0.1) is 0 Å². The predicted molar refractivity (Wildman–Crippen MR) is 98.8 cm³/mol. The lowest BCUT2D eigenvalue weighted by Gasteiger charge is -2.44. The molecule has 0 aliphatic rings. The van der Waals surface area contributed by atoms with Crippen LogP contribution in [0.1, 0.15) is 5.56 Å². The van der Waals surface area contributed by atoms with Crippen LogP contribution in [0.3, 0.4) is 0 Å². The first-order valence-electron chi connectivity index (χ1n) is 5.33. The van der Waals surface area contributed by atoms with Crippen molar-refractivity contribution in [3.63, 3.8) is 0 Å². The van der Waals surface area contributed by atoms with E-state index in [1.54, 1.807) is 0 Å². The van der Waals surface area contributed by atoms with Gasteiger partial charge in [-0.1, -0.05) is 129 Å². The smallest absolute Gasteiger partial charge is 0.423 e. The number of benzene rings is 1. The van der Waals surface area contributed by atoms with Crippen LogP contribution in [0.25, 0.3) is 0 Å². The SMILES string of the molecule is OB(O)c1ccc(C(Cl)(Cl)C(Cl)(Cl)C(Cl)(Cl)C(Cl)(Cl)Cl)cc1. The molecule has 0 aliphatic heterocycles. The van der Waals surface area contributed by atoms with Crippen molar-refractivity contribution in [2.75, 3.05) is 0 Å². The van der Waals surface area contributed by atoms with Gasteiger partial charge in [0.15, 0.2) is 8.67 Å². The van der Waals surface area contributed by atoms with Gasteiger partial charge >= 0.3 is 7.12 Å². The molecule has 0 saturated carbocycles. The molecule has 0 unspecified atom stereocenters. The monoisotopic (exact) mass is 484 g/mol. The molecule has 0 aliphatic carbocycles. The lowest BCUT2D eigenvalue weighted by Crippen LogP contribution is -2.54. The Bertz CT molecular complexity index is 524. The van der Waals surface area contributed by atoms with Gasteiger partial charge in [0, 0.05) is 0 Å². The summed E-state index contributed by atoms with van der Waals surface area (Å²) in [6.07, 6.45) is 0. The van der Waals surface area contributed by atoms with Crippen molar-refractivity contribution in [3.8, 4) is 0 Å². The van der Waals surface area contributed by atoms with Gasteiger partial charge in [0.1, 0.15) is 0 Å². The van der Waals surface area contributed by atoms with Crippen molar-refractivity contribution in [2.24, 2.45) is 0 Å². The van der Waals surface area contributed by atoms with Gasteiger partial charge in [-0.3, -0.25) is 0 Å². The zero-order chi connectivity index (χ0) is 17.6. The van der Waals surface area contributed by atoms with Gasteiger partial charge < -0.3 is 10.0 Å². The second-order valence-electron chi connectivity index (χ2n) is 4.22. The molecule has 1 aromatic rings. The number of halogens is 9. The van der Waals surface area contributed by atoms with Crippen LogP contribution in [-0.2, 0) is 4.33 Å². The van der Waals surface area contributed by atoms with Crippen LogP contribution in [-0.4, -0.2) is 29.6 Å². The fraction of sp³-hybridized carbons (Fsp3) is 0.400. The maximum Gasteiger partial charge on any atom is 0.488 e. The van der Waals surface area contributed by atoms with E-state index in [2.05, 4.69) is 0 Å². The molecule has 0 amide bonds. The third-order valence-corrected chi connectivity index (χ3v) is 8.19.